The Bertz CT molecular complexity index is 233. The summed E-state index contributed by atoms with van der Waals surface area (Å²) in [7, 11) is 1.64. The predicted molar refractivity (Wildman–Crippen MR) is 57.4 cm³/mol. The zero-order valence-corrected chi connectivity index (χ0v) is 10.0. The zero-order valence-electron chi connectivity index (χ0n) is 10.0. The van der Waals surface area contributed by atoms with Gasteiger partial charge < -0.3 is 15.2 Å². The standard InChI is InChI=1S/C11H21NO3/c1-10(2,3)15-9(13)8-5-11(6-8,7-12)14-4/h8H,5-7,12H2,1-4H3. The molecule has 0 spiro atoms. The summed E-state index contributed by atoms with van der Waals surface area (Å²) >= 11 is 0. The number of rotatable bonds is 3. The smallest absolute Gasteiger partial charge is 0.309 e. The van der Waals surface area contributed by atoms with E-state index in [0.29, 0.717) is 19.4 Å². The molecule has 0 aromatic carbocycles. The van der Waals surface area contributed by atoms with E-state index in [1.807, 2.05) is 20.8 Å². The summed E-state index contributed by atoms with van der Waals surface area (Å²) in [6, 6.07) is 0. The SMILES string of the molecule is COC1(CN)CC(C(=O)OC(C)(C)C)C1. The molecule has 0 aliphatic heterocycles. The Balaban J connectivity index is 2.42. The third-order valence-electron chi connectivity index (χ3n) is 2.78. The molecule has 0 radical (unpaired) electrons. The highest BCUT2D eigenvalue weighted by Crippen LogP contribution is 2.40. The van der Waals surface area contributed by atoms with Crippen LogP contribution in [0.15, 0.2) is 0 Å². The molecule has 0 unspecified atom stereocenters. The number of nitrogens with two attached hydrogens (primary N) is 1. The minimum absolute atomic E-state index is 0.0484. The first kappa shape index (κ1) is 12.5. The van der Waals surface area contributed by atoms with Crippen molar-refractivity contribution in [2.24, 2.45) is 11.7 Å². The Morgan fingerprint density at radius 3 is 2.33 bits per heavy atom. The van der Waals surface area contributed by atoms with Crippen LogP contribution in [-0.2, 0) is 14.3 Å². The third kappa shape index (κ3) is 2.92. The monoisotopic (exact) mass is 215 g/mol. The molecule has 0 amide bonds. The van der Waals surface area contributed by atoms with E-state index in [9.17, 15) is 4.79 Å². The van der Waals surface area contributed by atoms with Gasteiger partial charge in [-0.15, -0.1) is 0 Å². The Hall–Kier alpha value is -0.610. The molecule has 0 atom stereocenters. The Morgan fingerprint density at radius 1 is 1.47 bits per heavy atom. The summed E-state index contributed by atoms with van der Waals surface area (Å²) in [6.07, 6.45) is 1.35. The van der Waals surface area contributed by atoms with E-state index in [-0.39, 0.29) is 17.5 Å². The second-order valence-electron chi connectivity index (χ2n) is 5.23. The van der Waals surface area contributed by atoms with Crippen LogP contribution in [-0.4, -0.2) is 30.8 Å². The first-order valence-corrected chi connectivity index (χ1v) is 5.30. The van der Waals surface area contributed by atoms with Crippen molar-refractivity contribution in [1.82, 2.24) is 0 Å². The number of carbonyl (C=O) groups excluding carboxylic acids is 1. The highest BCUT2D eigenvalue weighted by molar-refractivity contribution is 5.74. The van der Waals surface area contributed by atoms with E-state index >= 15 is 0 Å². The van der Waals surface area contributed by atoms with Crippen LogP contribution in [0.25, 0.3) is 0 Å². The van der Waals surface area contributed by atoms with Crippen molar-refractivity contribution in [2.75, 3.05) is 13.7 Å². The quantitative estimate of drug-likeness (QED) is 0.716. The normalized spacial score (nSPS) is 30.9. The van der Waals surface area contributed by atoms with Crippen molar-refractivity contribution in [2.45, 2.75) is 44.8 Å². The van der Waals surface area contributed by atoms with Gasteiger partial charge in [-0.05, 0) is 33.6 Å². The van der Waals surface area contributed by atoms with Crippen molar-refractivity contribution in [3.63, 3.8) is 0 Å². The number of ether oxygens (including phenoxy) is 2. The average molecular weight is 215 g/mol. The van der Waals surface area contributed by atoms with E-state index < -0.39 is 5.60 Å². The molecule has 1 rings (SSSR count). The molecule has 1 saturated carbocycles. The third-order valence-corrected chi connectivity index (χ3v) is 2.78. The van der Waals surface area contributed by atoms with Crippen LogP contribution < -0.4 is 5.73 Å². The van der Waals surface area contributed by atoms with Gasteiger partial charge in [0, 0.05) is 13.7 Å². The molecule has 2 N–H and O–H groups in total. The van der Waals surface area contributed by atoms with Gasteiger partial charge in [0.05, 0.1) is 11.5 Å². The van der Waals surface area contributed by atoms with E-state index in [1.54, 1.807) is 7.11 Å². The lowest BCUT2D eigenvalue weighted by molar-refractivity contribution is -0.177. The fourth-order valence-corrected chi connectivity index (χ4v) is 1.81. The Morgan fingerprint density at radius 2 is 2.00 bits per heavy atom. The molecule has 1 aliphatic carbocycles. The van der Waals surface area contributed by atoms with E-state index in [2.05, 4.69) is 0 Å². The van der Waals surface area contributed by atoms with Gasteiger partial charge in [-0.3, -0.25) is 4.79 Å². The van der Waals surface area contributed by atoms with Crippen molar-refractivity contribution >= 4 is 5.97 Å². The fraction of sp³-hybridized carbons (Fsp3) is 0.909. The number of methoxy groups -OCH3 is 1. The largest absolute Gasteiger partial charge is 0.460 e. The first-order chi connectivity index (χ1) is 6.82. The summed E-state index contributed by atoms with van der Waals surface area (Å²) in [5, 5.41) is 0. The molecule has 0 aromatic heterocycles. The van der Waals surface area contributed by atoms with Gasteiger partial charge in [-0.2, -0.15) is 0 Å². The Kier molecular flexibility index (Phi) is 3.41. The second-order valence-corrected chi connectivity index (χ2v) is 5.23. The van der Waals surface area contributed by atoms with Gasteiger partial charge in [0.15, 0.2) is 0 Å². The van der Waals surface area contributed by atoms with Gasteiger partial charge in [0.1, 0.15) is 5.60 Å². The van der Waals surface area contributed by atoms with Gasteiger partial charge in [0.25, 0.3) is 0 Å². The summed E-state index contributed by atoms with van der Waals surface area (Å²) in [5.74, 6) is -0.184. The number of carbonyl (C=O) groups is 1. The highest BCUT2D eigenvalue weighted by atomic mass is 16.6. The van der Waals surface area contributed by atoms with Crippen LogP contribution in [0.5, 0.6) is 0 Å². The molecule has 4 heteroatoms. The molecule has 1 fully saturated rings. The van der Waals surface area contributed by atoms with Crippen molar-refractivity contribution in [3.8, 4) is 0 Å². The zero-order chi connectivity index (χ0) is 11.7. The maximum absolute atomic E-state index is 11.6. The molecule has 0 saturated heterocycles. The Labute approximate surface area is 91.1 Å². The second kappa shape index (κ2) is 4.10. The molecular weight excluding hydrogens is 194 g/mol. The number of hydrogen-bond donors (Lipinski definition) is 1. The van der Waals surface area contributed by atoms with Crippen LogP contribution in [0.1, 0.15) is 33.6 Å². The average Bonchev–Trinajstić information content (AvgIpc) is 2.00. The van der Waals surface area contributed by atoms with Gasteiger partial charge in [-0.1, -0.05) is 0 Å². The summed E-state index contributed by atoms with van der Waals surface area (Å²) in [6.45, 7) is 6.07. The van der Waals surface area contributed by atoms with Crippen LogP contribution in [0.2, 0.25) is 0 Å². The summed E-state index contributed by atoms with van der Waals surface area (Å²) < 4.78 is 10.6. The minimum Gasteiger partial charge on any atom is -0.460 e. The van der Waals surface area contributed by atoms with E-state index in [0.717, 1.165) is 0 Å². The topological polar surface area (TPSA) is 61.5 Å². The van der Waals surface area contributed by atoms with Crippen molar-refractivity contribution in [1.29, 1.82) is 0 Å². The van der Waals surface area contributed by atoms with Crippen molar-refractivity contribution < 1.29 is 14.3 Å². The van der Waals surface area contributed by atoms with E-state index in [4.69, 9.17) is 15.2 Å². The van der Waals surface area contributed by atoms with Crippen LogP contribution >= 0.6 is 0 Å². The lowest BCUT2D eigenvalue weighted by atomic mass is 9.70. The summed E-state index contributed by atoms with van der Waals surface area (Å²) in [5.41, 5.74) is 4.89. The molecule has 88 valence electrons. The number of esters is 1. The molecule has 0 bridgehead atoms. The molecule has 4 nitrogen and oxygen atoms in total. The van der Waals surface area contributed by atoms with Crippen LogP contribution in [0, 0.1) is 5.92 Å². The number of hydrogen-bond acceptors (Lipinski definition) is 4. The predicted octanol–water partition coefficient (Wildman–Crippen LogP) is 1.08. The maximum Gasteiger partial charge on any atom is 0.309 e. The lowest BCUT2D eigenvalue weighted by Crippen LogP contribution is -2.54. The fourth-order valence-electron chi connectivity index (χ4n) is 1.81. The van der Waals surface area contributed by atoms with E-state index in [1.165, 1.54) is 0 Å². The van der Waals surface area contributed by atoms with Crippen LogP contribution in [0.3, 0.4) is 0 Å². The highest BCUT2D eigenvalue weighted by Gasteiger charge is 2.48. The molecule has 0 aromatic rings. The van der Waals surface area contributed by atoms with Gasteiger partial charge in [0.2, 0.25) is 0 Å². The van der Waals surface area contributed by atoms with Crippen LogP contribution in [0.4, 0.5) is 0 Å². The molecule has 0 heterocycles. The summed E-state index contributed by atoms with van der Waals surface area (Å²) in [4.78, 5) is 11.6. The van der Waals surface area contributed by atoms with Crippen molar-refractivity contribution in [3.05, 3.63) is 0 Å². The molecule has 1 aliphatic rings. The minimum atomic E-state index is -0.412. The molecular formula is C11H21NO3. The van der Waals surface area contributed by atoms with Gasteiger partial charge in [-0.25, -0.2) is 0 Å². The lowest BCUT2D eigenvalue weighted by Gasteiger charge is -2.45. The first-order valence-electron chi connectivity index (χ1n) is 5.30. The maximum atomic E-state index is 11.6. The molecule has 15 heavy (non-hydrogen) atoms. The van der Waals surface area contributed by atoms with Gasteiger partial charge >= 0.3 is 5.97 Å².